The molecule has 0 atom stereocenters. The van der Waals surface area contributed by atoms with Crippen molar-refractivity contribution in [1.29, 1.82) is 0 Å². The Morgan fingerprint density at radius 2 is 1.59 bits per heavy atom. The summed E-state index contributed by atoms with van der Waals surface area (Å²) in [6.07, 6.45) is -4.42. The number of nitrogens with zero attached hydrogens (tertiary/aromatic N) is 1. The second-order valence-electron chi connectivity index (χ2n) is 5.18. The van der Waals surface area contributed by atoms with Gasteiger partial charge >= 0.3 is 6.18 Å². The molecule has 2 aromatic heterocycles. The zero-order valence-electron chi connectivity index (χ0n) is 11.2. The first-order chi connectivity index (χ1) is 10.4. The molecule has 4 aromatic rings. The SMILES string of the molecule is FC(F)(F)c1cc2ccccc2c2cc3cc(Br)ccc3n12. The van der Waals surface area contributed by atoms with Gasteiger partial charge in [0.15, 0.2) is 0 Å². The Kier molecular flexibility index (Phi) is 2.78. The number of halogens is 4. The van der Waals surface area contributed by atoms with E-state index in [2.05, 4.69) is 15.9 Å². The van der Waals surface area contributed by atoms with E-state index in [1.165, 1.54) is 10.5 Å². The van der Waals surface area contributed by atoms with Gasteiger partial charge in [-0.15, -0.1) is 0 Å². The van der Waals surface area contributed by atoms with Gasteiger partial charge in [0.05, 0.1) is 11.0 Å². The van der Waals surface area contributed by atoms with Gasteiger partial charge in [0, 0.05) is 15.2 Å². The molecular formula is C17H9BrF3N. The van der Waals surface area contributed by atoms with Gasteiger partial charge in [0.2, 0.25) is 0 Å². The maximum atomic E-state index is 13.5. The summed E-state index contributed by atoms with van der Waals surface area (Å²) in [7, 11) is 0. The van der Waals surface area contributed by atoms with Gasteiger partial charge in [-0.25, -0.2) is 0 Å². The summed E-state index contributed by atoms with van der Waals surface area (Å²) in [5.41, 5.74) is 0.466. The van der Waals surface area contributed by atoms with Crippen molar-refractivity contribution in [2.75, 3.05) is 0 Å². The van der Waals surface area contributed by atoms with Crippen molar-refractivity contribution in [1.82, 2.24) is 4.40 Å². The molecule has 0 saturated heterocycles. The molecule has 2 heterocycles. The molecular weight excluding hydrogens is 355 g/mol. The Hall–Kier alpha value is -2.01. The molecule has 0 unspecified atom stereocenters. The molecule has 0 aliphatic heterocycles. The highest BCUT2D eigenvalue weighted by Gasteiger charge is 2.34. The molecule has 4 rings (SSSR count). The largest absolute Gasteiger partial charge is 0.431 e. The van der Waals surface area contributed by atoms with Crippen LogP contribution in [-0.2, 0) is 6.18 Å². The highest BCUT2D eigenvalue weighted by molar-refractivity contribution is 9.10. The number of benzene rings is 2. The molecule has 2 aromatic carbocycles. The third kappa shape index (κ3) is 1.92. The van der Waals surface area contributed by atoms with E-state index in [0.717, 1.165) is 15.2 Å². The van der Waals surface area contributed by atoms with Crippen LogP contribution in [0.3, 0.4) is 0 Å². The van der Waals surface area contributed by atoms with E-state index in [9.17, 15) is 13.2 Å². The lowest BCUT2D eigenvalue weighted by Crippen LogP contribution is -2.11. The lowest BCUT2D eigenvalue weighted by molar-refractivity contribution is -0.141. The molecule has 5 heteroatoms. The van der Waals surface area contributed by atoms with Crippen LogP contribution in [0.2, 0.25) is 0 Å². The summed E-state index contributed by atoms with van der Waals surface area (Å²) < 4.78 is 42.6. The minimum absolute atomic E-state index is 0.552. The molecule has 0 fully saturated rings. The molecule has 0 amide bonds. The van der Waals surface area contributed by atoms with Crippen LogP contribution in [0.4, 0.5) is 13.2 Å². The Morgan fingerprint density at radius 3 is 2.36 bits per heavy atom. The maximum Gasteiger partial charge on any atom is 0.431 e. The number of hydrogen-bond acceptors (Lipinski definition) is 0. The maximum absolute atomic E-state index is 13.5. The van der Waals surface area contributed by atoms with Crippen molar-refractivity contribution >= 4 is 43.1 Å². The van der Waals surface area contributed by atoms with Crippen LogP contribution >= 0.6 is 15.9 Å². The highest BCUT2D eigenvalue weighted by Crippen LogP contribution is 2.37. The van der Waals surface area contributed by atoms with Crippen molar-refractivity contribution < 1.29 is 13.2 Å². The predicted octanol–water partition coefficient (Wildman–Crippen LogP) is 6.03. The Morgan fingerprint density at radius 1 is 0.818 bits per heavy atom. The minimum Gasteiger partial charge on any atom is -0.305 e. The first kappa shape index (κ1) is 13.6. The number of rotatable bonds is 0. The number of alkyl halides is 3. The van der Waals surface area contributed by atoms with Crippen LogP contribution in [0.15, 0.2) is 59.1 Å². The summed E-state index contributed by atoms with van der Waals surface area (Å²) in [6, 6.07) is 15.4. The monoisotopic (exact) mass is 363 g/mol. The fourth-order valence-corrected chi connectivity index (χ4v) is 3.30. The summed E-state index contributed by atoms with van der Waals surface area (Å²) in [4.78, 5) is 0. The van der Waals surface area contributed by atoms with E-state index in [1.807, 2.05) is 18.2 Å². The van der Waals surface area contributed by atoms with Crippen LogP contribution in [0, 0.1) is 0 Å². The van der Waals surface area contributed by atoms with Crippen LogP contribution in [-0.4, -0.2) is 4.40 Å². The van der Waals surface area contributed by atoms with Gasteiger partial charge < -0.3 is 4.40 Å². The van der Waals surface area contributed by atoms with E-state index in [-0.39, 0.29) is 0 Å². The van der Waals surface area contributed by atoms with E-state index in [4.69, 9.17) is 0 Å². The number of fused-ring (bicyclic) bond motifs is 5. The molecule has 22 heavy (non-hydrogen) atoms. The van der Waals surface area contributed by atoms with E-state index in [1.54, 1.807) is 30.3 Å². The normalized spacial score (nSPS) is 12.5. The summed E-state index contributed by atoms with van der Waals surface area (Å²) >= 11 is 3.37. The smallest absolute Gasteiger partial charge is 0.305 e. The van der Waals surface area contributed by atoms with Gasteiger partial charge in [-0.1, -0.05) is 40.2 Å². The van der Waals surface area contributed by atoms with Crippen LogP contribution < -0.4 is 0 Å². The van der Waals surface area contributed by atoms with Crippen molar-refractivity contribution in [3.05, 3.63) is 64.8 Å². The van der Waals surface area contributed by atoms with Crippen LogP contribution in [0.1, 0.15) is 5.69 Å². The zero-order valence-corrected chi connectivity index (χ0v) is 12.7. The average Bonchev–Trinajstić information content (AvgIpc) is 2.83. The van der Waals surface area contributed by atoms with Gasteiger partial charge in [-0.05, 0) is 35.7 Å². The van der Waals surface area contributed by atoms with Crippen LogP contribution in [0.5, 0.6) is 0 Å². The highest BCUT2D eigenvalue weighted by atomic mass is 79.9. The Labute approximate surface area is 132 Å². The first-order valence-electron chi connectivity index (χ1n) is 6.65. The predicted molar refractivity (Wildman–Crippen MR) is 85.1 cm³/mol. The van der Waals surface area contributed by atoms with Crippen LogP contribution in [0.25, 0.3) is 27.2 Å². The van der Waals surface area contributed by atoms with Crippen molar-refractivity contribution in [2.45, 2.75) is 6.18 Å². The fourth-order valence-electron chi connectivity index (χ4n) is 2.92. The van der Waals surface area contributed by atoms with Gasteiger partial charge in [-0.3, -0.25) is 0 Å². The quantitative estimate of drug-likeness (QED) is 0.359. The molecule has 0 spiro atoms. The molecule has 110 valence electrons. The zero-order chi connectivity index (χ0) is 15.5. The summed E-state index contributed by atoms with van der Waals surface area (Å²) in [6.45, 7) is 0. The first-order valence-corrected chi connectivity index (χ1v) is 7.44. The Bertz CT molecular complexity index is 1030. The number of pyridine rings is 1. The summed E-state index contributed by atoms with van der Waals surface area (Å²) in [5, 5.41) is 2.17. The molecule has 0 aliphatic carbocycles. The third-order valence-electron chi connectivity index (χ3n) is 3.82. The van der Waals surface area contributed by atoms with E-state index >= 15 is 0 Å². The topological polar surface area (TPSA) is 4.41 Å². The second-order valence-corrected chi connectivity index (χ2v) is 6.10. The lowest BCUT2D eigenvalue weighted by atomic mass is 10.1. The minimum atomic E-state index is -4.42. The van der Waals surface area contributed by atoms with Gasteiger partial charge in [-0.2, -0.15) is 13.2 Å². The average molecular weight is 364 g/mol. The molecule has 0 aliphatic rings. The van der Waals surface area contributed by atoms with Crippen molar-refractivity contribution in [2.24, 2.45) is 0 Å². The standard InChI is InChI=1S/C17H9BrF3N/c18-12-5-6-14-11(7-12)8-15-13-4-2-1-3-10(13)9-16(22(14)15)17(19,20)21/h1-9H. The summed E-state index contributed by atoms with van der Waals surface area (Å²) in [5.74, 6) is 0. The Balaban J connectivity index is 2.31. The second kappa shape index (κ2) is 4.49. The van der Waals surface area contributed by atoms with Crippen molar-refractivity contribution in [3.63, 3.8) is 0 Å². The fraction of sp³-hybridized carbons (Fsp3) is 0.0588. The molecule has 0 saturated carbocycles. The number of hydrogen-bond donors (Lipinski definition) is 0. The van der Waals surface area contributed by atoms with E-state index < -0.39 is 11.9 Å². The van der Waals surface area contributed by atoms with E-state index in [0.29, 0.717) is 16.4 Å². The molecule has 1 nitrogen and oxygen atoms in total. The van der Waals surface area contributed by atoms with Crippen molar-refractivity contribution in [3.8, 4) is 0 Å². The molecule has 0 bridgehead atoms. The third-order valence-corrected chi connectivity index (χ3v) is 4.32. The number of aromatic nitrogens is 1. The van der Waals surface area contributed by atoms with Gasteiger partial charge in [0.25, 0.3) is 0 Å². The lowest BCUT2D eigenvalue weighted by Gasteiger charge is -2.13. The molecule has 0 N–H and O–H groups in total. The molecule has 0 radical (unpaired) electrons. The van der Waals surface area contributed by atoms with Gasteiger partial charge in [0.1, 0.15) is 5.69 Å².